The smallest absolute Gasteiger partial charge is 0.0112 e. The van der Waals surface area contributed by atoms with Crippen molar-refractivity contribution < 1.29 is 0 Å². The number of hydrogen-bond acceptors (Lipinski definition) is 1. The first-order valence-corrected chi connectivity index (χ1v) is 3.75. The minimum atomic E-state index is 0.583. The zero-order valence-corrected chi connectivity index (χ0v) is 7.09. The van der Waals surface area contributed by atoms with Gasteiger partial charge in [-0.25, -0.2) is 0 Å². The molecule has 0 saturated carbocycles. The van der Waals surface area contributed by atoms with Crippen LogP contribution in [0.2, 0.25) is 0 Å². The van der Waals surface area contributed by atoms with Gasteiger partial charge in [0.15, 0.2) is 0 Å². The first-order chi connectivity index (χ1) is 4.72. The minimum absolute atomic E-state index is 0.583. The topological polar surface area (TPSA) is 26.0 Å². The van der Waals surface area contributed by atoms with Gasteiger partial charge in [-0.1, -0.05) is 32.1 Å². The average molecular weight is 139 g/mol. The summed E-state index contributed by atoms with van der Waals surface area (Å²) in [4.78, 5) is 0. The van der Waals surface area contributed by atoms with E-state index in [1.165, 1.54) is 5.57 Å². The Morgan fingerprint density at radius 3 is 2.40 bits per heavy atom. The van der Waals surface area contributed by atoms with E-state index in [2.05, 4.69) is 26.0 Å². The van der Waals surface area contributed by atoms with Crippen LogP contribution in [0, 0.1) is 5.92 Å². The maximum Gasteiger partial charge on any atom is 0.0112 e. The molecule has 58 valence electrons. The third kappa shape index (κ3) is 3.46. The molecule has 0 aromatic heterocycles. The van der Waals surface area contributed by atoms with Gasteiger partial charge in [-0.3, -0.25) is 0 Å². The van der Waals surface area contributed by atoms with Gasteiger partial charge >= 0.3 is 0 Å². The van der Waals surface area contributed by atoms with Crippen molar-refractivity contribution in [1.29, 1.82) is 0 Å². The van der Waals surface area contributed by atoms with Crippen molar-refractivity contribution in [2.24, 2.45) is 11.7 Å². The molecule has 0 fully saturated rings. The molecule has 0 spiro atoms. The highest BCUT2D eigenvalue weighted by Gasteiger charge is 1.95. The molecule has 1 nitrogen and oxygen atoms in total. The molecule has 0 radical (unpaired) electrons. The summed E-state index contributed by atoms with van der Waals surface area (Å²) in [5, 5.41) is 0. The van der Waals surface area contributed by atoms with Gasteiger partial charge in [0.25, 0.3) is 0 Å². The van der Waals surface area contributed by atoms with Crippen molar-refractivity contribution in [3.8, 4) is 0 Å². The van der Waals surface area contributed by atoms with E-state index >= 15 is 0 Å². The Bertz CT molecular complexity index is 132. The average Bonchev–Trinajstić information content (AvgIpc) is 1.87. The Kier molecular flexibility index (Phi) is 4.95. The summed E-state index contributed by atoms with van der Waals surface area (Å²) in [5.41, 5.74) is 6.71. The third-order valence-corrected chi connectivity index (χ3v) is 1.38. The summed E-state index contributed by atoms with van der Waals surface area (Å²) in [6.45, 7) is 6.99. The first kappa shape index (κ1) is 9.44. The van der Waals surface area contributed by atoms with Crippen LogP contribution in [0.4, 0.5) is 0 Å². The van der Waals surface area contributed by atoms with Gasteiger partial charge < -0.3 is 5.73 Å². The lowest BCUT2D eigenvalue weighted by Gasteiger charge is -2.04. The molecule has 0 rings (SSSR count). The fourth-order valence-electron chi connectivity index (χ4n) is 0.825. The van der Waals surface area contributed by atoms with E-state index in [1.807, 2.05) is 13.0 Å². The fourth-order valence-corrected chi connectivity index (χ4v) is 0.825. The second kappa shape index (κ2) is 5.24. The highest BCUT2D eigenvalue weighted by molar-refractivity contribution is 5.20. The van der Waals surface area contributed by atoms with Gasteiger partial charge in [0.1, 0.15) is 0 Å². The first-order valence-electron chi connectivity index (χ1n) is 3.75. The van der Waals surface area contributed by atoms with Gasteiger partial charge in [-0.05, 0) is 18.4 Å². The quantitative estimate of drug-likeness (QED) is 0.595. The molecule has 1 heteroatoms. The molecule has 0 aromatic rings. The normalized spacial score (nSPS) is 13.5. The minimum Gasteiger partial charge on any atom is -0.327 e. The molecule has 0 aliphatic rings. The molecule has 2 N–H and O–H groups in total. The number of nitrogens with two attached hydrogens (primary N) is 1. The van der Waals surface area contributed by atoms with E-state index < -0.39 is 0 Å². The van der Waals surface area contributed by atoms with E-state index in [-0.39, 0.29) is 0 Å². The summed E-state index contributed by atoms with van der Waals surface area (Å²) in [7, 11) is 0. The van der Waals surface area contributed by atoms with Crippen LogP contribution in [0.15, 0.2) is 23.8 Å². The second-order valence-electron chi connectivity index (χ2n) is 2.59. The summed E-state index contributed by atoms with van der Waals surface area (Å²) in [6, 6.07) is 0. The van der Waals surface area contributed by atoms with E-state index in [4.69, 9.17) is 5.73 Å². The lowest BCUT2D eigenvalue weighted by atomic mass is 10.0. The Morgan fingerprint density at radius 1 is 1.50 bits per heavy atom. The van der Waals surface area contributed by atoms with Crippen LogP contribution in [0.25, 0.3) is 0 Å². The molecule has 0 bridgehead atoms. The van der Waals surface area contributed by atoms with Crippen LogP contribution in [0.3, 0.4) is 0 Å². The monoisotopic (exact) mass is 139 g/mol. The second-order valence-corrected chi connectivity index (χ2v) is 2.59. The summed E-state index contributed by atoms with van der Waals surface area (Å²) >= 11 is 0. The molecule has 0 atom stereocenters. The van der Waals surface area contributed by atoms with E-state index in [9.17, 15) is 0 Å². The van der Waals surface area contributed by atoms with Crippen LogP contribution in [0.5, 0.6) is 0 Å². The van der Waals surface area contributed by atoms with Crippen molar-refractivity contribution in [2.45, 2.75) is 20.8 Å². The molecule has 0 aromatic carbocycles. The molecule has 10 heavy (non-hydrogen) atoms. The molecule has 0 saturated heterocycles. The van der Waals surface area contributed by atoms with Crippen LogP contribution >= 0.6 is 0 Å². The molecule has 0 unspecified atom stereocenters. The lowest BCUT2D eigenvalue weighted by Crippen LogP contribution is -1.98. The van der Waals surface area contributed by atoms with Gasteiger partial charge in [0.05, 0.1) is 0 Å². The van der Waals surface area contributed by atoms with E-state index in [0.29, 0.717) is 12.5 Å². The van der Waals surface area contributed by atoms with Gasteiger partial charge in [-0.15, -0.1) is 0 Å². The number of rotatable bonds is 3. The lowest BCUT2D eigenvalue weighted by molar-refractivity contribution is 0.786. The molecular weight excluding hydrogens is 122 g/mol. The Morgan fingerprint density at radius 2 is 2.10 bits per heavy atom. The zero-order chi connectivity index (χ0) is 7.98. The van der Waals surface area contributed by atoms with E-state index in [0.717, 1.165) is 0 Å². The van der Waals surface area contributed by atoms with Gasteiger partial charge in [0, 0.05) is 6.54 Å². The zero-order valence-electron chi connectivity index (χ0n) is 7.09. The standard InChI is InChI=1S/C9H17N/c1-4-5-9(6-7-10)8(2)3/h4-6,8H,7,10H2,1-3H3/b5-4-,9-6+. The van der Waals surface area contributed by atoms with Crippen LogP contribution in [0.1, 0.15) is 20.8 Å². The van der Waals surface area contributed by atoms with Crippen molar-refractivity contribution in [1.82, 2.24) is 0 Å². The largest absolute Gasteiger partial charge is 0.327 e. The molecule has 0 amide bonds. The summed E-state index contributed by atoms with van der Waals surface area (Å²) in [5.74, 6) is 0.583. The van der Waals surface area contributed by atoms with Gasteiger partial charge in [0.2, 0.25) is 0 Å². The maximum atomic E-state index is 5.39. The fraction of sp³-hybridized carbons (Fsp3) is 0.556. The van der Waals surface area contributed by atoms with Crippen molar-refractivity contribution in [3.05, 3.63) is 23.8 Å². The van der Waals surface area contributed by atoms with Crippen LogP contribution < -0.4 is 5.73 Å². The molecular formula is C9H17N. The maximum absolute atomic E-state index is 5.39. The Balaban J connectivity index is 4.11. The van der Waals surface area contributed by atoms with Gasteiger partial charge in [-0.2, -0.15) is 0 Å². The molecule has 0 aliphatic heterocycles. The van der Waals surface area contributed by atoms with E-state index in [1.54, 1.807) is 0 Å². The highest BCUT2D eigenvalue weighted by atomic mass is 14.5. The van der Waals surface area contributed by atoms with Crippen LogP contribution in [-0.2, 0) is 0 Å². The molecule has 0 aliphatic carbocycles. The SMILES string of the molecule is C/C=C\C(=C/CN)C(C)C. The molecule has 0 heterocycles. The predicted octanol–water partition coefficient (Wildman–Crippen LogP) is 2.10. The highest BCUT2D eigenvalue weighted by Crippen LogP contribution is 2.09. The number of allylic oxidation sites excluding steroid dienone is 3. The Hall–Kier alpha value is -0.560. The van der Waals surface area contributed by atoms with Crippen LogP contribution in [-0.4, -0.2) is 6.54 Å². The Labute approximate surface area is 63.6 Å². The third-order valence-electron chi connectivity index (χ3n) is 1.38. The van der Waals surface area contributed by atoms with Crippen molar-refractivity contribution in [2.75, 3.05) is 6.54 Å². The summed E-state index contributed by atoms with van der Waals surface area (Å²) in [6.07, 6.45) is 6.21. The number of hydrogen-bond donors (Lipinski definition) is 1. The van der Waals surface area contributed by atoms with Crippen molar-refractivity contribution in [3.63, 3.8) is 0 Å². The van der Waals surface area contributed by atoms with Crippen molar-refractivity contribution >= 4 is 0 Å². The summed E-state index contributed by atoms with van der Waals surface area (Å²) < 4.78 is 0. The predicted molar refractivity (Wildman–Crippen MR) is 46.8 cm³/mol.